The van der Waals surface area contributed by atoms with Gasteiger partial charge in [0.15, 0.2) is 0 Å². The van der Waals surface area contributed by atoms with Gasteiger partial charge >= 0.3 is 0 Å². The highest BCUT2D eigenvalue weighted by molar-refractivity contribution is 7.19. The maximum absolute atomic E-state index is 11.7. The molecule has 0 unspecified atom stereocenters. The summed E-state index contributed by atoms with van der Waals surface area (Å²) in [7, 11) is 0. The summed E-state index contributed by atoms with van der Waals surface area (Å²) >= 11 is 1.40. The molecule has 4 nitrogen and oxygen atoms in total. The minimum atomic E-state index is -0.572. The van der Waals surface area contributed by atoms with Gasteiger partial charge in [-0.05, 0) is 24.3 Å². The minimum Gasteiger partial charge on any atom is -0.507 e. The zero-order valence-corrected chi connectivity index (χ0v) is 11.8. The number of fused-ring (bicyclic) bond motifs is 1. The molecule has 0 atom stereocenters. The maximum atomic E-state index is 11.7. The number of nitrogens with zero attached hydrogens (tertiary/aromatic N) is 1. The van der Waals surface area contributed by atoms with E-state index in [2.05, 4.69) is 4.98 Å². The van der Waals surface area contributed by atoms with Gasteiger partial charge in [0.2, 0.25) is 0 Å². The van der Waals surface area contributed by atoms with Gasteiger partial charge in [-0.15, -0.1) is 11.3 Å². The molecular weight excluding hydrogens is 284 g/mol. The van der Waals surface area contributed by atoms with E-state index in [-0.39, 0.29) is 11.3 Å². The third-order valence-corrected chi connectivity index (χ3v) is 4.10. The number of carbonyl (C=O) groups excluding carboxylic acids is 1. The number of phenolic OH excluding ortho intramolecular Hbond substituents is 1. The Balaban J connectivity index is 2.14. The van der Waals surface area contributed by atoms with Crippen LogP contribution in [0.15, 0.2) is 48.5 Å². The first kappa shape index (κ1) is 13.3. The van der Waals surface area contributed by atoms with E-state index in [1.54, 1.807) is 30.3 Å². The lowest BCUT2D eigenvalue weighted by atomic mass is 10.1. The summed E-state index contributed by atoms with van der Waals surface area (Å²) < 4.78 is 0.983. The summed E-state index contributed by atoms with van der Waals surface area (Å²) in [6.45, 7) is 0. The minimum absolute atomic E-state index is 0.0948. The number of benzene rings is 2. The summed E-state index contributed by atoms with van der Waals surface area (Å²) in [6, 6.07) is 14.4. The summed E-state index contributed by atoms with van der Waals surface area (Å²) in [5.41, 5.74) is 7.11. The lowest BCUT2D eigenvalue weighted by Gasteiger charge is -2.01. The standard InChI is InChI=1S/C16H12N2O2S/c17-15(20)11(9-10-5-1-3-7-13(10)19)16-18-12-6-2-4-8-14(12)21-16/h1-9,19H,(H2,17,20)/b11-9+. The summed E-state index contributed by atoms with van der Waals surface area (Å²) in [6.07, 6.45) is 1.56. The SMILES string of the molecule is NC(=O)/C(=C\c1ccccc1O)c1nc2ccccc2s1. The highest BCUT2D eigenvalue weighted by Gasteiger charge is 2.14. The van der Waals surface area contributed by atoms with Crippen LogP contribution in [-0.4, -0.2) is 16.0 Å². The van der Waals surface area contributed by atoms with E-state index in [0.29, 0.717) is 10.6 Å². The zero-order chi connectivity index (χ0) is 14.8. The van der Waals surface area contributed by atoms with Gasteiger partial charge in [0.25, 0.3) is 5.91 Å². The van der Waals surface area contributed by atoms with Crippen LogP contribution in [0.4, 0.5) is 0 Å². The van der Waals surface area contributed by atoms with E-state index in [9.17, 15) is 9.90 Å². The largest absolute Gasteiger partial charge is 0.507 e. The number of phenols is 1. The van der Waals surface area contributed by atoms with E-state index >= 15 is 0 Å². The van der Waals surface area contributed by atoms with Crippen molar-refractivity contribution in [2.24, 2.45) is 5.73 Å². The van der Waals surface area contributed by atoms with Crippen LogP contribution < -0.4 is 5.73 Å². The molecule has 0 aliphatic carbocycles. The van der Waals surface area contributed by atoms with Crippen molar-refractivity contribution in [2.75, 3.05) is 0 Å². The second kappa shape index (κ2) is 5.38. The number of amides is 1. The summed E-state index contributed by atoms with van der Waals surface area (Å²) in [4.78, 5) is 16.2. The molecule has 0 aliphatic heterocycles. The third kappa shape index (κ3) is 2.64. The second-order valence-electron chi connectivity index (χ2n) is 4.47. The van der Waals surface area contributed by atoms with Crippen LogP contribution in [0.5, 0.6) is 5.75 Å². The molecule has 21 heavy (non-hydrogen) atoms. The molecule has 3 N–H and O–H groups in total. The number of carbonyl (C=O) groups is 1. The number of nitrogens with two attached hydrogens (primary N) is 1. The van der Waals surface area contributed by atoms with Crippen LogP contribution in [0.2, 0.25) is 0 Å². The van der Waals surface area contributed by atoms with Crippen LogP contribution >= 0.6 is 11.3 Å². The molecule has 0 radical (unpaired) electrons. The number of primary amides is 1. The molecule has 0 saturated heterocycles. The van der Waals surface area contributed by atoms with E-state index < -0.39 is 5.91 Å². The highest BCUT2D eigenvalue weighted by atomic mass is 32.1. The molecular formula is C16H12N2O2S. The fourth-order valence-electron chi connectivity index (χ4n) is 1.99. The molecule has 3 rings (SSSR count). The van der Waals surface area contributed by atoms with E-state index in [0.717, 1.165) is 10.2 Å². The number of rotatable bonds is 3. The Kier molecular flexibility index (Phi) is 3.41. The van der Waals surface area contributed by atoms with Crippen molar-refractivity contribution in [3.63, 3.8) is 0 Å². The van der Waals surface area contributed by atoms with Gasteiger partial charge in [-0.2, -0.15) is 0 Å². The van der Waals surface area contributed by atoms with Crippen molar-refractivity contribution < 1.29 is 9.90 Å². The average molecular weight is 296 g/mol. The van der Waals surface area contributed by atoms with E-state index in [1.807, 2.05) is 24.3 Å². The quantitative estimate of drug-likeness (QED) is 0.729. The molecule has 5 heteroatoms. The number of para-hydroxylation sites is 2. The van der Waals surface area contributed by atoms with Crippen molar-refractivity contribution in [3.05, 3.63) is 59.1 Å². The molecule has 2 aromatic carbocycles. The molecule has 3 aromatic rings. The molecule has 1 heterocycles. The maximum Gasteiger partial charge on any atom is 0.251 e. The predicted octanol–water partition coefficient (Wildman–Crippen LogP) is 3.03. The first-order chi connectivity index (χ1) is 10.1. The molecule has 104 valence electrons. The van der Waals surface area contributed by atoms with Crippen molar-refractivity contribution in [2.45, 2.75) is 0 Å². The lowest BCUT2D eigenvalue weighted by Crippen LogP contribution is -2.12. The first-order valence-corrected chi connectivity index (χ1v) is 7.12. The Morgan fingerprint density at radius 1 is 1.14 bits per heavy atom. The van der Waals surface area contributed by atoms with Gasteiger partial charge in [0.05, 0.1) is 15.8 Å². The van der Waals surface area contributed by atoms with Crippen molar-refractivity contribution >= 4 is 39.1 Å². The van der Waals surface area contributed by atoms with Crippen LogP contribution in [-0.2, 0) is 4.79 Å². The van der Waals surface area contributed by atoms with E-state index in [4.69, 9.17) is 5.73 Å². The molecule has 0 spiro atoms. The molecule has 0 bridgehead atoms. The van der Waals surface area contributed by atoms with Crippen LogP contribution in [0, 0.1) is 0 Å². The number of aromatic nitrogens is 1. The second-order valence-corrected chi connectivity index (χ2v) is 5.50. The fourth-order valence-corrected chi connectivity index (χ4v) is 2.98. The first-order valence-electron chi connectivity index (χ1n) is 6.30. The van der Waals surface area contributed by atoms with Crippen molar-refractivity contribution in [1.29, 1.82) is 0 Å². The summed E-state index contributed by atoms with van der Waals surface area (Å²) in [5.74, 6) is -0.477. The van der Waals surface area contributed by atoms with Gasteiger partial charge < -0.3 is 10.8 Å². The normalized spacial score (nSPS) is 11.7. The molecule has 1 aromatic heterocycles. The van der Waals surface area contributed by atoms with Gasteiger partial charge in [-0.3, -0.25) is 4.79 Å². The van der Waals surface area contributed by atoms with Crippen LogP contribution in [0.25, 0.3) is 21.9 Å². The van der Waals surface area contributed by atoms with Crippen LogP contribution in [0.1, 0.15) is 10.6 Å². The summed E-state index contributed by atoms with van der Waals surface area (Å²) in [5, 5.41) is 10.4. The third-order valence-electron chi connectivity index (χ3n) is 3.03. The average Bonchev–Trinajstić information content (AvgIpc) is 2.89. The number of aromatic hydroxyl groups is 1. The molecule has 0 saturated carbocycles. The predicted molar refractivity (Wildman–Crippen MR) is 84.8 cm³/mol. The number of thiazole rings is 1. The number of hydrogen-bond acceptors (Lipinski definition) is 4. The Hall–Kier alpha value is -2.66. The monoisotopic (exact) mass is 296 g/mol. The Morgan fingerprint density at radius 3 is 2.57 bits per heavy atom. The van der Waals surface area contributed by atoms with E-state index in [1.165, 1.54) is 11.3 Å². The Bertz CT molecular complexity index is 819. The topological polar surface area (TPSA) is 76.2 Å². The zero-order valence-electron chi connectivity index (χ0n) is 11.0. The molecule has 1 amide bonds. The van der Waals surface area contributed by atoms with Gasteiger partial charge in [0.1, 0.15) is 10.8 Å². The Labute approximate surface area is 125 Å². The molecule has 0 aliphatic rings. The lowest BCUT2D eigenvalue weighted by molar-refractivity contribution is -0.112. The van der Waals surface area contributed by atoms with Gasteiger partial charge in [-0.1, -0.05) is 30.3 Å². The molecule has 0 fully saturated rings. The fraction of sp³-hybridized carbons (Fsp3) is 0. The van der Waals surface area contributed by atoms with Crippen LogP contribution in [0.3, 0.4) is 0 Å². The number of hydrogen-bond donors (Lipinski definition) is 2. The Morgan fingerprint density at radius 2 is 1.86 bits per heavy atom. The van der Waals surface area contributed by atoms with Gasteiger partial charge in [-0.25, -0.2) is 4.98 Å². The van der Waals surface area contributed by atoms with Crippen molar-refractivity contribution in [1.82, 2.24) is 4.98 Å². The smallest absolute Gasteiger partial charge is 0.251 e. The highest BCUT2D eigenvalue weighted by Crippen LogP contribution is 2.29. The van der Waals surface area contributed by atoms with Gasteiger partial charge in [0, 0.05) is 5.56 Å². The van der Waals surface area contributed by atoms with Crippen molar-refractivity contribution in [3.8, 4) is 5.75 Å².